The molecule has 0 aliphatic heterocycles. The molecule has 0 bridgehead atoms. The first kappa shape index (κ1) is 59.8. The van der Waals surface area contributed by atoms with E-state index in [0.717, 1.165) is 77.0 Å². The molecular formula is C52H91N2NaO14S2. The Bertz CT molecular complexity index is 1950. The second-order valence-corrected chi connectivity index (χ2v) is 28.5. The summed E-state index contributed by atoms with van der Waals surface area (Å²) in [7, 11) is -8.19. The van der Waals surface area contributed by atoms with Gasteiger partial charge in [-0.15, -0.1) is 0 Å². The fourth-order valence-electron chi connectivity index (χ4n) is 18.2. The van der Waals surface area contributed by atoms with Crippen molar-refractivity contribution in [3.05, 3.63) is 0 Å². The number of nitrogens with one attached hydrogen (secondary N) is 2. The number of aliphatic hydroxyl groups excluding tert-OH is 6. The number of hydrogen-bond donors (Lipinski definition) is 10. The van der Waals surface area contributed by atoms with Crippen LogP contribution in [0.4, 0.5) is 0 Å². The minimum absolute atomic E-state index is 0. The fraction of sp³-hybridized carbons (Fsp3) is 0.962. The number of amides is 2. The standard InChI is InChI=1S/2C26H45NO7S.Na.H/c2*1-15(4-7-23(31)27-10-11-35(32,33)34)18-5-6-19-24-20(14-22(30)26(18,19)3)25(2)9-8-17(28)12-16(25)13-21(24)29;;/h2*15-22,24,28-30H,4-14H2,1-3H3,(H,27,31)(H,32,33,34);;/q;;+1;-1/t2*15-,16+,17-,18-,19+,20+,21-,22+,24+,25+,26-;;/m11../s1. The van der Waals surface area contributed by atoms with E-state index in [1.165, 1.54) is 0 Å². The van der Waals surface area contributed by atoms with Gasteiger partial charge in [0.2, 0.25) is 11.8 Å². The maximum atomic E-state index is 12.2. The summed E-state index contributed by atoms with van der Waals surface area (Å²) in [5, 5.41) is 71.6. The van der Waals surface area contributed by atoms with E-state index in [-0.39, 0.29) is 162 Å². The topological polar surface area (TPSA) is 288 Å². The molecule has 10 N–H and O–H groups in total. The van der Waals surface area contributed by atoms with Gasteiger partial charge >= 0.3 is 29.6 Å². The second kappa shape index (κ2) is 22.8. The van der Waals surface area contributed by atoms with Crippen LogP contribution in [0.25, 0.3) is 0 Å². The summed E-state index contributed by atoms with van der Waals surface area (Å²) < 4.78 is 61.0. The van der Waals surface area contributed by atoms with Crippen molar-refractivity contribution >= 4 is 32.1 Å². The third-order valence-corrected chi connectivity index (χ3v) is 23.5. The first-order valence-electron chi connectivity index (χ1n) is 27.1. The van der Waals surface area contributed by atoms with Crippen molar-refractivity contribution in [3.63, 3.8) is 0 Å². The number of fused-ring (bicyclic) bond motifs is 10. The Balaban J connectivity index is 0.000000260. The second-order valence-electron chi connectivity index (χ2n) is 25.4. The summed E-state index contributed by atoms with van der Waals surface area (Å²) in [6, 6.07) is 0. The van der Waals surface area contributed by atoms with E-state index in [1.807, 2.05) is 0 Å². The van der Waals surface area contributed by atoms with Gasteiger partial charge in [-0.05, 0) is 195 Å². The summed E-state index contributed by atoms with van der Waals surface area (Å²) in [6.07, 6.45) is 11.3. The molecule has 71 heavy (non-hydrogen) atoms. The molecule has 0 aromatic carbocycles. The molecule has 0 aromatic rings. The Hall–Kier alpha value is -0.480. The van der Waals surface area contributed by atoms with Crippen molar-refractivity contribution in [2.75, 3.05) is 24.6 Å². The van der Waals surface area contributed by atoms with E-state index in [9.17, 15) is 57.1 Å². The number of hydrogen-bond acceptors (Lipinski definition) is 12. The van der Waals surface area contributed by atoms with E-state index in [4.69, 9.17) is 9.11 Å². The van der Waals surface area contributed by atoms with Crippen LogP contribution in [0.3, 0.4) is 0 Å². The van der Waals surface area contributed by atoms with Gasteiger partial charge in [0.05, 0.1) is 48.1 Å². The molecular weight excluding hydrogens is 964 g/mol. The van der Waals surface area contributed by atoms with Crippen LogP contribution in [0.5, 0.6) is 0 Å². The zero-order valence-corrected chi connectivity index (χ0v) is 47.4. The third kappa shape index (κ3) is 12.1. The van der Waals surface area contributed by atoms with Gasteiger partial charge in [0.15, 0.2) is 0 Å². The Kier molecular flexibility index (Phi) is 19.2. The molecule has 22 atom stereocenters. The molecule has 0 spiro atoms. The maximum Gasteiger partial charge on any atom is 1.00 e. The van der Waals surface area contributed by atoms with Gasteiger partial charge in [0.1, 0.15) is 0 Å². The molecule has 8 rings (SSSR count). The summed E-state index contributed by atoms with van der Waals surface area (Å²) in [5.41, 5.74) is -0.509. The number of rotatable bonds is 14. The van der Waals surface area contributed by atoms with E-state index < -0.39 is 56.2 Å². The van der Waals surface area contributed by atoms with Crippen LogP contribution in [0.1, 0.15) is 159 Å². The van der Waals surface area contributed by atoms with Crippen molar-refractivity contribution in [1.82, 2.24) is 10.6 Å². The molecule has 8 aliphatic carbocycles. The largest absolute Gasteiger partial charge is 1.00 e. The van der Waals surface area contributed by atoms with Crippen LogP contribution in [-0.4, -0.2) is 130 Å². The Morgan fingerprint density at radius 2 is 0.901 bits per heavy atom. The van der Waals surface area contributed by atoms with Crippen LogP contribution >= 0.6 is 0 Å². The van der Waals surface area contributed by atoms with Crippen molar-refractivity contribution in [1.29, 1.82) is 0 Å². The number of carbonyl (C=O) groups excluding carboxylic acids is 2. The van der Waals surface area contributed by atoms with Crippen molar-refractivity contribution < 1.29 is 97.2 Å². The van der Waals surface area contributed by atoms with Gasteiger partial charge < -0.3 is 42.7 Å². The minimum atomic E-state index is -4.10. The quantitative estimate of drug-likeness (QED) is 0.0879. The minimum Gasteiger partial charge on any atom is -1.00 e. The van der Waals surface area contributed by atoms with Crippen molar-refractivity contribution in [3.8, 4) is 0 Å². The average Bonchev–Trinajstić information content (AvgIpc) is 3.81. The predicted molar refractivity (Wildman–Crippen MR) is 265 cm³/mol. The van der Waals surface area contributed by atoms with E-state index in [2.05, 4.69) is 52.2 Å². The zero-order valence-electron chi connectivity index (χ0n) is 44.8. The van der Waals surface area contributed by atoms with Gasteiger partial charge in [-0.3, -0.25) is 18.7 Å². The van der Waals surface area contributed by atoms with Crippen LogP contribution in [0.15, 0.2) is 0 Å². The predicted octanol–water partition coefficient (Wildman–Crippen LogP) is 1.85. The molecule has 2 amide bonds. The number of carbonyl (C=O) groups is 2. The molecule has 0 saturated heterocycles. The molecule has 8 fully saturated rings. The first-order valence-corrected chi connectivity index (χ1v) is 30.3. The van der Waals surface area contributed by atoms with Crippen molar-refractivity contribution in [2.24, 2.45) is 92.7 Å². The van der Waals surface area contributed by atoms with E-state index in [1.54, 1.807) is 0 Å². The summed E-state index contributed by atoms with van der Waals surface area (Å²) in [6.45, 7) is 13.1. The average molecular weight is 1060 g/mol. The molecule has 19 heteroatoms. The van der Waals surface area contributed by atoms with Gasteiger partial charge in [0, 0.05) is 25.9 Å². The van der Waals surface area contributed by atoms with Gasteiger partial charge in [-0.25, -0.2) is 0 Å². The molecule has 0 unspecified atom stereocenters. The first-order chi connectivity index (χ1) is 32.5. The van der Waals surface area contributed by atoms with E-state index >= 15 is 0 Å². The molecule has 0 radical (unpaired) electrons. The Morgan fingerprint density at radius 1 is 0.549 bits per heavy atom. The fourth-order valence-corrected chi connectivity index (χ4v) is 18.9. The monoisotopic (exact) mass is 1050 g/mol. The summed E-state index contributed by atoms with van der Waals surface area (Å²) >= 11 is 0. The summed E-state index contributed by atoms with van der Waals surface area (Å²) in [4.78, 5) is 24.4. The van der Waals surface area contributed by atoms with Crippen molar-refractivity contribution in [2.45, 2.75) is 194 Å². The van der Waals surface area contributed by atoms with Crippen LogP contribution < -0.4 is 40.2 Å². The van der Waals surface area contributed by atoms with Crippen LogP contribution in [-0.2, 0) is 29.8 Å². The summed E-state index contributed by atoms with van der Waals surface area (Å²) in [5.74, 6) is 1.41. The zero-order chi connectivity index (χ0) is 51.5. The molecule has 8 aliphatic rings. The molecule has 0 heterocycles. The van der Waals surface area contributed by atoms with Crippen LogP contribution in [0, 0.1) is 92.7 Å². The smallest absolute Gasteiger partial charge is 1.00 e. The van der Waals surface area contributed by atoms with Gasteiger partial charge in [-0.2, -0.15) is 16.8 Å². The SMILES string of the molecule is C[C@H](CCC(=O)NCCS(=O)(=O)O)[C@H]1CC[C@H]2[C@@H]3[C@H](O)C[C@@H]4C[C@H](O)CC[C@]4(C)[C@H]3C[C@H](O)[C@]12C.C[C@H](CCC(=O)NCCS(=O)(=O)O)[C@H]1CC[C@H]2[C@@H]3[C@H](O)C[C@@H]4C[C@H](O)CC[C@]4(C)[C@H]3C[C@H](O)[C@]12C.[H-].[Na+]. The Labute approximate surface area is 448 Å². The molecule has 406 valence electrons. The molecule has 0 aromatic heterocycles. The van der Waals surface area contributed by atoms with E-state index in [0.29, 0.717) is 37.5 Å². The maximum absolute atomic E-state index is 12.2. The van der Waals surface area contributed by atoms with Crippen LogP contribution in [0.2, 0.25) is 0 Å². The molecule has 16 nitrogen and oxygen atoms in total. The normalized spacial score (nSPS) is 45.6. The van der Waals surface area contributed by atoms with Gasteiger partial charge in [-0.1, -0.05) is 41.5 Å². The number of aliphatic hydroxyl groups is 6. The third-order valence-electron chi connectivity index (χ3n) is 22.1. The van der Waals surface area contributed by atoms with Gasteiger partial charge in [0.25, 0.3) is 20.2 Å². The molecule has 8 saturated carbocycles. The Morgan fingerprint density at radius 3 is 1.24 bits per heavy atom.